The van der Waals surface area contributed by atoms with Gasteiger partial charge in [-0.15, -0.1) is 0 Å². The van der Waals surface area contributed by atoms with E-state index in [2.05, 4.69) is 36.0 Å². The number of hydrogen-bond donors (Lipinski definition) is 2. The summed E-state index contributed by atoms with van der Waals surface area (Å²) < 4.78 is 0. The van der Waals surface area contributed by atoms with Crippen LogP contribution in [0.25, 0.3) is 0 Å². The quantitative estimate of drug-likeness (QED) is 0.750. The second kappa shape index (κ2) is 6.68. The van der Waals surface area contributed by atoms with Crippen molar-refractivity contribution in [3.8, 4) is 0 Å². The standard InChI is InChI=1S/C14H29N3O2/c1-11(2)15-12(13(18)19)6-7-17-9-8-16(5)14(3,4)10-17/h11-12,15H,6-10H2,1-5H3,(H,18,19). The smallest absolute Gasteiger partial charge is 0.320 e. The van der Waals surface area contributed by atoms with E-state index in [1.807, 2.05) is 13.8 Å². The van der Waals surface area contributed by atoms with Gasteiger partial charge in [-0.2, -0.15) is 0 Å². The number of likely N-dealkylation sites (N-methyl/N-ethyl adjacent to an activating group) is 1. The number of nitrogens with zero attached hydrogens (tertiary/aromatic N) is 2. The van der Waals surface area contributed by atoms with Crippen molar-refractivity contribution in [1.29, 1.82) is 0 Å². The van der Waals surface area contributed by atoms with Gasteiger partial charge in [0.05, 0.1) is 0 Å². The minimum absolute atomic E-state index is 0.169. The molecular formula is C14H29N3O2. The number of aliphatic carboxylic acids is 1. The third kappa shape index (κ3) is 5.09. The molecule has 1 unspecified atom stereocenters. The summed E-state index contributed by atoms with van der Waals surface area (Å²) in [5.74, 6) is -0.748. The molecule has 5 nitrogen and oxygen atoms in total. The van der Waals surface area contributed by atoms with Crippen LogP contribution in [0.15, 0.2) is 0 Å². The first kappa shape index (κ1) is 16.4. The summed E-state index contributed by atoms with van der Waals surface area (Å²) in [6, 6.07) is -0.243. The Morgan fingerprint density at radius 3 is 2.47 bits per heavy atom. The fraction of sp³-hybridized carbons (Fsp3) is 0.929. The van der Waals surface area contributed by atoms with Crippen molar-refractivity contribution < 1.29 is 9.90 Å². The molecule has 0 saturated carbocycles. The summed E-state index contributed by atoms with van der Waals surface area (Å²) in [7, 11) is 2.15. The van der Waals surface area contributed by atoms with E-state index in [1.165, 1.54) is 0 Å². The minimum Gasteiger partial charge on any atom is -0.480 e. The van der Waals surface area contributed by atoms with E-state index < -0.39 is 12.0 Å². The lowest BCUT2D eigenvalue weighted by molar-refractivity contribution is -0.140. The Hall–Kier alpha value is -0.650. The number of carboxylic acid groups (broad SMARTS) is 1. The van der Waals surface area contributed by atoms with Crippen molar-refractivity contribution in [2.45, 2.75) is 51.7 Å². The van der Waals surface area contributed by atoms with Crippen molar-refractivity contribution in [3.05, 3.63) is 0 Å². The predicted octanol–water partition coefficient (Wildman–Crippen LogP) is 0.854. The van der Waals surface area contributed by atoms with Crippen molar-refractivity contribution >= 4 is 5.97 Å². The van der Waals surface area contributed by atoms with Crippen LogP contribution in [0.1, 0.15) is 34.1 Å². The molecule has 1 heterocycles. The maximum atomic E-state index is 11.2. The van der Waals surface area contributed by atoms with Crippen molar-refractivity contribution in [3.63, 3.8) is 0 Å². The molecule has 1 atom stereocenters. The predicted molar refractivity (Wildman–Crippen MR) is 77.5 cm³/mol. The highest BCUT2D eigenvalue weighted by molar-refractivity contribution is 5.73. The Bertz CT molecular complexity index is 305. The van der Waals surface area contributed by atoms with E-state index >= 15 is 0 Å². The van der Waals surface area contributed by atoms with Gasteiger partial charge in [0.1, 0.15) is 6.04 Å². The Labute approximate surface area is 117 Å². The van der Waals surface area contributed by atoms with Crippen LogP contribution in [0.3, 0.4) is 0 Å². The fourth-order valence-electron chi connectivity index (χ4n) is 2.52. The molecule has 0 aromatic rings. The van der Waals surface area contributed by atoms with Gasteiger partial charge in [-0.3, -0.25) is 9.69 Å². The molecular weight excluding hydrogens is 242 g/mol. The molecule has 0 aromatic carbocycles. The Balaban J connectivity index is 2.44. The lowest BCUT2D eigenvalue weighted by atomic mass is 9.99. The monoisotopic (exact) mass is 271 g/mol. The SMILES string of the molecule is CC(C)NC(CCN1CCN(C)C(C)(C)C1)C(=O)O. The van der Waals surface area contributed by atoms with Crippen LogP contribution in [0, 0.1) is 0 Å². The minimum atomic E-state index is -0.748. The van der Waals surface area contributed by atoms with Gasteiger partial charge >= 0.3 is 5.97 Å². The molecule has 112 valence electrons. The molecule has 0 amide bonds. The van der Waals surface area contributed by atoms with Crippen LogP contribution in [-0.2, 0) is 4.79 Å². The van der Waals surface area contributed by atoms with Crippen LogP contribution >= 0.6 is 0 Å². The van der Waals surface area contributed by atoms with E-state index in [0.29, 0.717) is 6.42 Å². The number of piperazine rings is 1. The Kier molecular flexibility index (Phi) is 5.77. The molecule has 0 bridgehead atoms. The van der Waals surface area contributed by atoms with Crippen molar-refractivity contribution in [2.24, 2.45) is 0 Å². The maximum absolute atomic E-state index is 11.2. The van der Waals surface area contributed by atoms with Crippen LogP contribution < -0.4 is 5.32 Å². The second-order valence-corrected chi connectivity index (χ2v) is 6.51. The number of hydrogen-bond acceptors (Lipinski definition) is 4. The summed E-state index contributed by atoms with van der Waals surface area (Å²) in [4.78, 5) is 15.9. The summed E-state index contributed by atoms with van der Waals surface area (Å²) in [5, 5.41) is 12.3. The molecule has 1 rings (SSSR count). The van der Waals surface area contributed by atoms with Crippen LogP contribution in [0.5, 0.6) is 0 Å². The maximum Gasteiger partial charge on any atom is 0.320 e. The molecule has 0 spiro atoms. The first-order chi connectivity index (χ1) is 8.72. The number of carbonyl (C=O) groups is 1. The third-order valence-corrected chi connectivity index (χ3v) is 3.96. The average Bonchev–Trinajstić information content (AvgIpc) is 2.27. The molecule has 0 aliphatic carbocycles. The lowest BCUT2D eigenvalue weighted by Gasteiger charge is -2.45. The average molecular weight is 271 g/mol. The van der Waals surface area contributed by atoms with E-state index in [-0.39, 0.29) is 11.6 Å². The first-order valence-corrected chi connectivity index (χ1v) is 7.15. The zero-order chi connectivity index (χ0) is 14.6. The highest BCUT2D eigenvalue weighted by Crippen LogP contribution is 2.19. The van der Waals surface area contributed by atoms with Crippen molar-refractivity contribution in [2.75, 3.05) is 33.2 Å². The van der Waals surface area contributed by atoms with E-state index in [1.54, 1.807) is 0 Å². The van der Waals surface area contributed by atoms with E-state index in [9.17, 15) is 9.90 Å². The molecule has 1 saturated heterocycles. The topological polar surface area (TPSA) is 55.8 Å². The first-order valence-electron chi connectivity index (χ1n) is 7.15. The summed E-state index contributed by atoms with van der Waals surface area (Å²) in [6.45, 7) is 12.3. The molecule has 0 aromatic heterocycles. The highest BCUT2D eigenvalue weighted by Gasteiger charge is 2.31. The largest absolute Gasteiger partial charge is 0.480 e. The van der Waals surface area contributed by atoms with Gasteiger partial charge in [0, 0.05) is 37.8 Å². The molecule has 0 radical (unpaired) electrons. The van der Waals surface area contributed by atoms with Crippen LogP contribution in [0.4, 0.5) is 0 Å². The van der Waals surface area contributed by atoms with E-state index in [4.69, 9.17) is 0 Å². The lowest BCUT2D eigenvalue weighted by Crippen LogP contribution is -2.58. The molecule has 5 heteroatoms. The highest BCUT2D eigenvalue weighted by atomic mass is 16.4. The molecule has 19 heavy (non-hydrogen) atoms. The van der Waals surface area contributed by atoms with Gasteiger partial charge in [0.2, 0.25) is 0 Å². The van der Waals surface area contributed by atoms with Gasteiger partial charge in [-0.05, 0) is 27.3 Å². The Morgan fingerprint density at radius 1 is 1.37 bits per heavy atom. The van der Waals surface area contributed by atoms with Gasteiger partial charge in [-0.25, -0.2) is 0 Å². The molecule has 1 aliphatic heterocycles. The van der Waals surface area contributed by atoms with E-state index in [0.717, 1.165) is 26.2 Å². The molecule has 1 fully saturated rings. The van der Waals surface area contributed by atoms with Gasteiger partial charge in [0.25, 0.3) is 0 Å². The molecule has 2 N–H and O–H groups in total. The van der Waals surface area contributed by atoms with Crippen LogP contribution in [0.2, 0.25) is 0 Å². The Morgan fingerprint density at radius 2 is 2.00 bits per heavy atom. The summed E-state index contributed by atoms with van der Waals surface area (Å²) in [6.07, 6.45) is 0.660. The number of nitrogens with one attached hydrogen (secondary N) is 1. The van der Waals surface area contributed by atoms with Gasteiger partial charge < -0.3 is 15.3 Å². The number of rotatable bonds is 6. The second-order valence-electron chi connectivity index (χ2n) is 6.51. The zero-order valence-corrected chi connectivity index (χ0v) is 12.9. The zero-order valence-electron chi connectivity index (χ0n) is 12.9. The third-order valence-electron chi connectivity index (χ3n) is 3.96. The van der Waals surface area contributed by atoms with Crippen molar-refractivity contribution in [1.82, 2.24) is 15.1 Å². The summed E-state index contributed by atoms with van der Waals surface area (Å²) >= 11 is 0. The number of carboxylic acids is 1. The van der Waals surface area contributed by atoms with Gasteiger partial charge in [-0.1, -0.05) is 13.8 Å². The normalized spacial score (nSPS) is 22.6. The van der Waals surface area contributed by atoms with Gasteiger partial charge in [0.15, 0.2) is 0 Å². The fourth-order valence-corrected chi connectivity index (χ4v) is 2.52. The van der Waals surface area contributed by atoms with Crippen LogP contribution in [-0.4, -0.2) is 71.7 Å². The summed E-state index contributed by atoms with van der Waals surface area (Å²) in [5.41, 5.74) is 0.169. The molecule has 1 aliphatic rings.